The summed E-state index contributed by atoms with van der Waals surface area (Å²) in [5.41, 5.74) is 0.595. The molecule has 0 spiro atoms. The predicted molar refractivity (Wildman–Crippen MR) is 125 cm³/mol. The van der Waals surface area contributed by atoms with E-state index in [0.29, 0.717) is 5.56 Å². The largest absolute Gasteiger partial charge is 0.481 e. The summed E-state index contributed by atoms with van der Waals surface area (Å²) in [6.45, 7) is 1.52. The van der Waals surface area contributed by atoms with Gasteiger partial charge in [0.25, 0.3) is 0 Å². The maximum absolute atomic E-state index is 14.1. The van der Waals surface area contributed by atoms with Crippen LogP contribution in [-0.2, 0) is 37.4 Å². The van der Waals surface area contributed by atoms with Gasteiger partial charge in [-0.3, -0.25) is 14.3 Å². The fourth-order valence-electron chi connectivity index (χ4n) is 5.70. The van der Waals surface area contributed by atoms with E-state index in [1.165, 1.54) is 23.1 Å². The summed E-state index contributed by atoms with van der Waals surface area (Å²) in [4.78, 5) is 23.7. The van der Waals surface area contributed by atoms with Gasteiger partial charge in [0.05, 0.1) is 34.1 Å². The van der Waals surface area contributed by atoms with E-state index in [0.717, 1.165) is 12.1 Å². The molecule has 2 aromatic rings. The average molecular weight is 555 g/mol. The molecule has 0 saturated heterocycles. The molecule has 0 aliphatic heterocycles. The number of amides is 1. The van der Waals surface area contributed by atoms with Crippen molar-refractivity contribution in [2.45, 2.75) is 48.6 Å². The zero-order valence-corrected chi connectivity index (χ0v) is 21.2. The molecule has 1 aromatic carbocycles. The summed E-state index contributed by atoms with van der Waals surface area (Å²) in [7, 11) is -3.18. The molecule has 10 nitrogen and oxygen atoms in total. The standard InChI is InChI=1S/C24H25F3N4O6S/c1-3-37-19-7-15(8-23(19,21(33)34)18-9-22(18,12-28)20(29)32)38(35,36)17-5-4-13(6-16(17)24(25,26)27)14-10-30-31(2)11-14/h4-6,10-11,15,18-19H,3,7-9H2,1-2H3,(H2,29,32)(H,33,34)/t15-,18?,19+,22?,23+/m0/s1. The molecule has 2 aliphatic rings. The number of aliphatic carboxylic acids is 1. The number of rotatable bonds is 8. The minimum atomic E-state index is -5.04. The van der Waals surface area contributed by atoms with E-state index >= 15 is 0 Å². The van der Waals surface area contributed by atoms with E-state index in [2.05, 4.69) is 5.10 Å². The number of nitrogens with two attached hydrogens (primary N) is 1. The van der Waals surface area contributed by atoms with Gasteiger partial charge in [0.15, 0.2) is 9.84 Å². The van der Waals surface area contributed by atoms with Crippen LogP contribution in [-0.4, -0.2) is 53.1 Å². The van der Waals surface area contributed by atoms with E-state index < -0.39 is 79.3 Å². The number of alkyl halides is 3. The van der Waals surface area contributed by atoms with Crippen LogP contribution < -0.4 is 5.73 Å². The van der Waals surface area contributed by atoms with Gasteiger partial charge in [-0.1, -0.05) is 6.07 Å². The molecule has 14 heteroatoms. The number of primary amides is 1. The molecule has 38 heavy (non-hydrogen) atoms. The number of hydrogen-bond acceptors (Lipinski definition) is 7. The van der Waals surface area contributed by atoms with Crippen molar-refractivity contribution in [2.24, 2.45) is 29.5 Å². The molecule has 0 radical (unpaired) electrons. The first kappa shape index (κ1) is 27.6. The van der Waals surface area contributed by atoms with Crippen molar-refractivity contribution in [3.63, 3.8) is 0 Å². The Hall–Kier alpha value is -3.44. The van der Waals surface area contributed by atoms with E-state index in [9.17, 15) is 41.5 Å². The van der Waals surface area contributed by atoms with Crippen molar-refractivity contribution in [1.82, 2.24) is 9.78 Å². The number of benzene rings is 1. The highest BCUT2D eigenvalue weighted by atomic mass is 32.2. The third-order valence-corrected chi connectivity index (χ3v) is 9.88. The molecule has 3 N–H and O–H groups in total. The molecular weight excluding hydrogens is 529 g/mol. The van der Waals surface area contributed by atoms with Gasteiger partial charge in [0.1, 0.15) is 10.8 Å². The van der Waals surface area contributed by atoms with Gasteiger partial charge in [0.2, 0.25) is 5.91 Å². The SMILES string of the molecule is CCO[C@@H]1C[C@H](S(=O)(=O)c2ccc(-c3cnn(C)c3)cc2C(F)(F)F)C[C@@]1(C(=O)O)C1CC1(C#N)C(N)=O. The zero-order chi connectivity index (χ0) is 28.3. The number of carboxylic acids is 1. The summed E-state index contributed by atoms with van der Waals surface area (Å²) in [6.07, 6.45) is -4.78. The van der Waals surface area contributed by atoms with Crippen molar-refractivity contribution < 1.29 is 41.0 Å². The molecule has 2 unspecified atom stereocenters. The van der Waals surface area contributed by atoms with Gasteiger partial charge < -0.3 is 15.6 Å². The van der Waals surface area contributed by atoms with E-state index in [-0.39, 0.29) is 18.6 Å². The maximum atomic E-state index is 14.1. The molecule has 2 aliphatic carbocycles. The van der Waals surface area contributed by atoms with Gasteiger partial charge in [-0.05, 0) is 43.9 Å². The molecule has 1 aromatic heterocycles. The number of aryl methyl sites for hydroxylation is 1. The second-order valence-electron chi connectivity index (χ2n) is 9.71. The Labute approximate surface area is 216 Å². The molecule has 204 valence electrons. The summed E-state index contributed by atoms with van der Waals surface area (Å²) in [6, 6.07) is 4.57. The predicted octanol–water partition coefficient (Wildman–Crippen LogP) is 2.53. The number of aromatic nitrogens is 2. The van der Waals surface area contributed by atoms with E-state index in [1.807, 2.05) is 0 Å². The minimum Gasteiger partial charge on any atom is -0.481 e. The van der Waals surface area contributed by atoms with E-state index in [4.69, 9.17) is 10.5 Å². The van der Waals surface area contributed by atoms with Crippen molar-refractivity contribution in [1.29, 1.82) is 5.26 Å². The van der Waals surface area contributed by atoms with Crippen molar-refractivity contribution in [3.05, 3.63) is 36.2 Å². The molecule has 1 heterocycles. The third-order valence-electron chi connectivity index (χ3n) is 7.67. The number of ether oxygens (including phenoxy) is 1. The van der Waals surface area contributed by atoms with Crippen molar-refractivity contribution in [3.8, 4) is 17.2 Å². The normalized spacial score (nSPS) is 29.1. The molecule has 4 rings (SSSR count). The van der Waals surface area contributed by atoms with Gasteiger partial charge >= 0.3 is 12.1 Å². The minimum absolute atomic E-state index is 0.0249. The van der Waals surface area contributed by atoms with Crippen LogP contribution in [0, 0.1) is 28.1 Å². The molecule has 1 amide bonds. The average Bonchev–Trinajstić information content (AvgIpc) is 3.24. The number of carbonyl (C=O) groups excluding carboxylic acids is 1. The summed E-state index contributed by atoms with van der Waals surface area (Å²) >= 11 is 0. The highest BCUT2D eigenvalue weighted by Crippen LogP contribution is 2.66. The number of halogens is 3. The zero-order valence-electron chi connectivity index (χ0n) is 20.4. The van der Waals surface area contributed by atoms with E-state index in [1.54, 1.807) is 20.0 Å². The van der Waals surface area contributed by atoms with Gasteiger partial charge in [0, 0.05) is 31.3 Å². The Morgan fingerprint density at radius 1 is 1.32 bits per heavy atom. The number of hydrogen-bond donors (Lipinski definition) is 2. The highest BCUT2D eigenvalue weighted by molar-refractivity contribution is 7.92. The molecule has 2 fully saturated rings. The van der Waals surface area contributed by atoms with Crippen LogP contribution in [0.4, 0.5) is 13.2 Å². The Bertz CT molecular complexity index is 1450. The smallest absolute Gasteiger partial charge is 0.417 e. The first-order valence-electron chi connectivity index (χ1n) is 11.7. The van der Waals surface area contributed by atoms with Crippen LogP contribution in [0.3, 0.4) is 0 Å². The maximum Gasteiger partial charge on any atom is 0.417 e. The van der Waals surface area contributed by atoms with Crippen LogP contribution in [0.2, 0.25) is 0 Å². The molecule has 0 bridgehead atoms. The van der Waals surface area contributed by atoms with Gasteiger partial charge in [-0.15, -0.1) is 0 Å². The molecule has 5 atom stereocenters. The van der Waals surface area contributed by atoms with Crippen LogP contribution in [0.25, 0.3) is 11.1 Å². The van der Waals surface area contributed by atoms with Gasteiger partial charge in [-0.2, -0.15) is 23.5 Å². The van der Waals surface area contributed by atoms with Gasteiger partial charge in [-0.25, -0.2) is 8.42 Å². The van der Waals surface area contributed by atoms with Crippen LogP contribution in [0.1, 0.15) is 31.7 Å². The third kappa shape index (κ3) is 4.14. The lowest BCUT2D eigenvalue weighted by molar-refractivity contribution is -0.160. The molecular formula is C24H25F3N4O6S. The first-order chi connectivity index (χ1) is 17.6. The molecule has 2 saturated carbocycles. The number of carboxylic acid groups (broad SMARTS) is 1. The second kappa shape index (κ2) is 9.09. The topological polar surface area (TPSA) is 165 Å². The lowest BCUT2D eigenvalue weighted by atomic mass is 9.75. The lowest BCUT2D eigenvalue weighted by Crippen LogP contribution is -2.45. The summed E-state index contributed by atoms with van der Waals surface area (Å²) in [5.74, 6) is -3.70. The number of nitrogens with zero attached hydrogens (tertiary/aromatic N) is 3. The first-order valence-corrected chi connectivity index (χ1v) is 13.2. The monoisotopic (exact) mass is 554 g/mol. The van der Waals surface area contributed by atoms with Crippen LogP contribution in [0.5, 0.6) is 0 Å². The van der Waals surface area contributed by atoms with Crippen molar-refractivity contribution >= 4 is 21.7 Å². The Morgan fingerprint density at radius 3 is 2.47 bits per heavy atom. The number of sulfone groups is 1. The number of carbonyl (C=O) groups is 2. The van der Waals surface area contributed by atoms with Crippen molar-refractivity contribution in [2.75, 3.05) is 6.61 Å². The van der Waals surface area contributed by atoms with Crippen LogP contribution in [0.15, 0.2) is 35.5 Å². The fraction of sp³-hybridized carbons (Fsp3) is 0.500. The Kier molecular flexibility index (Phi) is 6.60. The fourth-order valence-corrected chi connectivity index (χ4v) is 7.72. The lowest BCUT2D eigenvalue weighted by Gasteiger charge is -2.32. The quantitative estimate of drug-likeness (QED) is 0.502. The Morgan fingerprint density at radius 2 is 2.00 bits per heavy atom. The summed E-state index contributed by atoms with van der Waals surface area (Å²) in [5, 5.41) is 22.2. The number of nitriles is 1. The second-order valence-corrected chi connectivity index (χ2v) is 11.9. The van der Waals surface area contributed by atoms with Crippen LogP contribution >= 0.6 is 0 Å². The Balaban J connectivity index is 1.80. The summed E-state index contributed by atoms with van der Waals surface area (Å²) < 4.78 is 76.8. The highest BCUT2D eigenvalue weighted by Gasteiger charge is 2.75.